The summed E-state index contributed by atoms with van der Waals surface area (Å²) in [6, 6.07) is 7.72. The smallest absolute Gasteiger partial charge is 0.236 e. The molecule has 3 rings (SSSR count). The average Bonchev–Trinajstić information content (AvgIpc) is 2.68. The van der Waals surface area contributed by atoms with Crippen molar-refractivity contribution in [2.45, 2.75) is 25.4 Å². The third-order valence-electron chi connectivity index (χ3n) is 4.87. The molecular weight excluding hydrogens is 328 g/mol. The van der Waals surface area contributed by atoms with Gasteiger partial charge in [0, 0.05) is 38.3 Å². The number of likely N-dealkylation sites (tertiary alicyclic amines) is 1. The third kappa shape index (κ3) is 4.45. The zero-order valence-electron chi connectivity index (χ0n) is 15.4. The Kier molecular flexibility index (Phi) is 5.96. The Balaban J connectivity index is 1.73. The number of nitrogens with zero attached hydrogens (tertiary/aromatic N) is 4. The van der Waals surface area contributed by atoms with E-state index >= 15 is 0 Å². The number of carbonyl (C=O) groups excluding carboxylic acids is 1. The second-order valence-corrected chi connectivity index (χ2v) is 7.05. The molecule has 26 heavy (non-hydrogen) atoms. The number of aliphatic hydroxyl groups excluding tert-OH is 1. The van der Waals surface area contributed by atoms with E-state index in [1.54, 1.807) is 25.2 Å². The van der Waals surface area contributed by atoms with E-state index in [1.807, 2.05) is 30.5 Å². The molecule has 0 radical (unpaired) electrons. The number of rotatable bonds is 5. The van der Waals surface area contributed by atoms with Gasteiger partial charge in [0.25, 0.3) is 0 Å². The van der Waals surface area contributed by atoms with E-state index in [4.69, 9.17) is 4.98 Å². The van der Waals surface area contributed by atoms with Crippen molar-refractivity contribution in [3.05, 3.63) is 47.9 Å². The highest BCUT2D eigenvalue weighted by molar-refractivity contribution is 5.77. The van der Waals surface area contributed by atoms with Gasteiger partial charge in [0.05, 0.1) is 30.7 Å². The molecule has 6 nitrogen and oxygen atoms in total. The highest BCUT2D eigenvalue weighted by atomic mass is 16.3. The van der Waals surface area contributed by atoms with E-state index in [0.29, 0.717) is 12.5 Å². The average molecular weight is 354 g/mol. The van der Waals surface area contributed by atoms with Gasteiger partial charge in [-0.2, -0.15) is 0 Å². The van der Waals surface area contributed by atoms with Crippen molar-refractivity contribution >= 4 is 5.91 Å². The summed E-state index contributed by atoms with van der Waals surface area (Å²) in [6.45, 7) is 2.28. The predicted octanol–water partition coefficient (Wildman–Crippen LogP) is 1.90. The highest BCUT2D eigenvalue weighted by Gasteiger charge is 2.24. The van der Waals surface area contributed by atoms with Crippen LogP contribution < -0.4 is 0 Å². The number of amides is 1. The number of aromatic nitrogens is 2. The standard InChI is InChI=1S/C20H26N4O2/c1-23(2)20(26)13-24-9-3-4-17(12-24)19-11-21-10-18(22-19)16-7-5-15(14-25)6-8-16/h5-8,10-11,17,25H,3-4,9,12-14H2,1-2H3/t17-/m0/s1. The van der Waals surface area contributed by atoms with Gasteiger partial charge in [-0.15, -0.1) is 0 Å². The quantitative estimate of drug-likeness (QED) is 0.888. The summed E-state index contributed by atoms with van der Waals surface area (Å²) in [5.41, 5.74) is 3.70. The van der Waals surface area contributed by atoms with Gasteiger partial charge in [0.15, 0.2) is 0 Å². The molecule has 1 N–H and O–H groups in total. The first kappa shape index (κ1) is 18.5. The lowest BCUT2D eigenvalue weighted by atomic mass is 9.94. The lowest BCUT2D eigenvalue weighted by Crippen LogP contribution is -2.41. The molecule has 0 spiro atoms. The lowest BCUT2D eigenvalue weighted by molar-refractivity contribution is -0.130. The Bertz CT molecular complexity index is 746. The minimum absolute atomic E-state index is 0.0373. The molecule has 138 valence electrons. The van der Waals surface area contributed by atoms with Crippen molar-refractivity contribution in [2.75, 3.05) is 33.7 Å². The lowest BCUT2D eigenvalue weighted by Gasteiger charge is -2.32. The summed E-state index contributed by atoms with van der Waals surface area (Å²) in [5, 5.41) is 9.18. The number of piperidine rings is 1. The number of hydrogen-bond donors (Lipinski definition) is 1. The van der Waals surface area contributed by atoms with Crippen molar-refractivity contribution in [3.8, 4) is 11.3 Å². The maximum atomic E-state index is 12.0. The monoisotopic (exact) mass is 354 g/mol. The maximum Gasteiger partial charge on any atom is 0.236 e. The zero-order chi connectivity index (χ0) is 18.5. The predicted molar refractivity (Wildman–Crippen MR) is 100 cm³/mol. The Labute approximate surface area is 154 Å². The SMILES string of the molecule is CN(C)C(=O)CN1CCC[C@H](c2cncc(-c3ccc(CO)cc3)n2)C1. The molecule has 1 saturated heterocycles. The van der Waals surface area contributed by atoms with Crippen LogP contribution in [-0.2, 0) is 11.4 Å². The Hall–Kier alpha value is -2.31. The fraction of sp³-hybridized carbons (Fsp3) is 0.450. The number of benzene rings is 1. The molecule has 1 aliphatic rings. The molecule has 2 aromatic rings. The van der Waals surface area contributed by atoms with Crippen LogP contribution in [0.1, 0.15) is 30.0 Å². The van der Waals surface area contributed by atoms with E-state index in [-0.39, 0.29) is 12.5 Å². The third-order valence-corrected chi connectivity index (χ3v) is 4.87. The Morgan fingerprint density at radius 3 is 2.73 bits per heavy atom. The summed E-state index contributed by atoms with van der Waals surface area (Å²) in [6.07, 6.45) is 5.73. The van der Waals surface area contributed by atoms with Crippen LogP contribution in [0.15, 0.2) is 36.7 Å². The molecule has 1 amide bonds. The van der Waals surface area contributed by atoms with Crippen molar-refractivity contribution in [1.82, 2.24) is 19.8 Å². The molecule has 1 aliphatic heterocycles. The summed E-state index contributed by atoms with van der Waals surface area (Å²) in [5.74, 6) is 0.428. The Morgan fingerprint density at radius 2 is 2.04 bits per heavy atom. The molecule has 0 aliphatic carbocycles. The molecule has 1 aromatic heterocycles. The van der Waals surface area contributed by atoms with Gasteiger partial charge in [0.1, 0.15) is 0 Å². The number of aliphatic hydroxyl groups is 1. The molecular formula is C20H26N4O2. The molecule has 1 atom stereocenters. The molecule has 1 fully saturated rings. The van der Waals surface area contributed by atoms with Crippen molar-refractivity contribution in [1.29, 1.82) is 0 Å². The van der Waals surface area contributed by atoms with E-state index < -0.39 is 0 Å². The second kappa shape index (κ2) is 8.38. The molecule has 0 unspecified atom stereocenters. The fourth-order valence-electron chi connectivity index (χ4n) is 3.27. The van der Waals surface area contributed by atoms with Crippen molar-refractivity contribution in [3.63, 3.8) is 0 Å². The molecule has 0 saturated carbocycles. The summed E-state index contributed by atoms with van der Waals surface area (Å²) < 4.78 is 0. The zero-order valence-corrected chi connectivity index (χ0v) is 15.4. The van der Waals surface area contributed by atoms with Crippen LogP contribution in [0.5, 0.6) is 0 Å². The first-order valence-electron chi connectivity index (χ1n) is 9.01. The van der Waals surface area contributed by atoms with E-state index in [9.17, 15) is 9.90 Å². The van der Waals surface area contributed by atoms with Crippen LogP contribution in [0.2, 0.25) is 0 Å². The summed E-state index contributed by atoms with van der Waals surface area (Å²) >= 11 is 0. The minimum atomic E-state index is 0.0373. The van der Waals surface area contributed by atoms with Crippen LogP contribution >= 0.6 is 0 Å². The van der Waals surface area contributed by atoms with Crippen LogP contribution in [0.4, 0.5) is 0 Å². The van der Waals surface area contributed by atoms with Crippen LogP contribution in [0.25, 0.3) is 11.3 Å². The normalized spacial score (nSPS) is 17.9. The number of hydrogen-bond acceptors (Lipinski definition) is 5. The maximum absolute atomic E-state index is 12.0. The van der Waals surface area contributed by atoms with Crippen molar-refractivity contribution in [2.24, 2.45) is 0 Å². The molecule has 6 heteroatoms. The topological polar surface area (TPSA) is 69.6 Å². The molecule has 1 aromatic carbocycles. The summed E-state index contributed by atoms with van der Waals surface area (Å²) in [7, 11) is 3.58. The van der Waals surface area contributed by atoms with Gasteiger partial charge in [-0.05, 0) is 24.9 Å². The Morgan fingerprint density at radius 1 is 1.27 bits per heavy atom. The van der Waals surface area contributed by atoms with Crippen LogP contribution in [-0.4, -0.2) is 64.5 Å². The first-order valence-corrected chi connectivity index (χ1v) is 9.01. The van der Waals surface area contributed by atoms with E-state index in [1.165, 1.54) is 0 Å². The first-order chi connectivity index (χ1) is 12.6. The van der Waals surface area contributed by atoms with Crippen LogP contribution in [0, 0.1) is 0 Å². The van der Waals surface area contributed by atoms with Gasteiger partial charge < -0.3 is 10.0 Å². The van der Waals surface area contributed by atoms with Gasteiger partial charge in [-0.3, -0.25) is 14.7 Å². The van der Waals surface area contributed by atoms with Gasteiger partial charge in [-0.1, -0.05) is 24.3 Å². The fourth-order valence-corrected chi connectivity index (χ4v) is 3.27. The second-order valence-electron chi connectivity index (χ2n) is 7.05. The van der Waals surface area contributed by atoms with Gasteiger partial charge in [-0.25, -0.2) is 4.98 Å². The summed E-state index contributed by atoms with van der Waals surface area (Å²) in [4.78, 5) is 25.0. The van der Waals surface area contributed by atoms with Crippen LogP contribution in [0.3, 0.4) is 0 Å². The largest absolute Gasteiger partial charge is 0.392 e. The number of carbonyl (C=O) groups is 1. The molecule has 0 bridgehead atoms. The number of likely N-dealkylation sites (N-methyl/N-ethyl adjacent to an activating group) is 1. The van der Waals surface area contributed by atoms with E-state index in [2.05, 4.69) is 9.88 Å². The highest BCUT2D eigenvalue weighted by Crippen LogP contribution is 2.27. The van der Waals surface area contributed by atoms with E-state index in [0.717, 1.165) is 48.4 Å². The molecule has 2 heterocycles. The van der Waals surface area contributed by atoms with Gasteiger partial charge in [0.2, 0.25) is 5.91 Å². The van der Waals surface area contributed by atoms with Crippen molar-refractivity contribution < 1.29 is 9.90 Å². The van der Waals surface area contributed by atoms with Gasteiger partial charge >= 0.3 is 0 Å². The minimum Gasteiger partial charge on any atom is -0.392 e.